The zero-order valence-corrected chi connectivity index (χ0v) is 13.0. The molecule has 0 aromatic heterocycles. The predicted octanol–water partition coefficient (Wildman–Crippen LogP) is 2.51. The van der Waals surface area contributed by atoms with Crippen LogP contribution in [-0.4, -0.2) is 36.4 Å². The van der Waals surface area contributed by atoms with Crippen molar-refractivity contribution in [1.29, 1.82) is 0 Å². The number of rotatable bonds is 8. The average Bonchev–Trinajstić information content (AvgIpc) is 2.35. The molecule has 0 N–H and O–H groups in total. The van der Waals surface area contributed by atoms with Crippen molar-refractivity contribution in [3.63, 3.8) is 0 Å². The first-order valence-corrected chi connectivity index (χ1v) is 6.68. The molecule has 0 aromatic carbocycles. The van der Waals surface area contributed by atoms with Crippen LogP contribution in [0.5, 0.6) is 0 Å². The first-order valence-electron chi connectivity index (χ1n) is 6.68. The molecule has 0 aromatic rings. The molecule has 0 radical (unpaired) electrons. The van der Waals surface area contributed by atoms with Gasteiger partial charge in [0.2, 0.25) is 0 Å². The van der Waals surface area contributed by atoms with Gasteiger partial charge in [0.05, 0.1) is 5.41 Å². The molecule has 1 unspecified atom stereocenters. The lowest BCUT2D eigenvalue weighted by atomic mass is 9.91. The van der Waals surface area contributed by atoms with Gasteiger partial charge in [-0.05, 0) is 27.2 Å². The molecule has 0 rings (SSSR count). The standard InChI is InChI=1S/C14H22F2O5/c1-6-13(4,5)12(19)21-9(2)8-20-11(18)7-14(15,16)10(3)17/h9H,6-8H2,1-5H3. The molecule has 0 aliphatic carbocycles. The van der Waals surface area contributed by atoms with E-state index in [1.807, 2.05) is 6.92 Å². The van der Waals surface area contributed by atoms with E-state index in [2.05, 4.69) is 4.74 Å². The molecule has 0 spiro atoms. The van der Waals surface area contributed by atoms with E-state index < -0.39 is 41.6 Å². The van der Waals surface area contributed by atoms with Crippen LogP contribution in [-0.2, 0) is 23.9 Å². The maximum absolute atomic E-state index is 13.0. The van der Waals surface area contributed by atoms with Gasteiger partial charge in [0, 0.05) is 6.92 Å². The van der Waals surface area contributed by atoms with E-state index in [0.29, 0.717) is 13.3 Å². The summed E-state index contributed by atoms with van der Waals surface area (Å²) < 4.78 is 35.6. The fraction of sp³-hybridized carbons (Fsp3) is 0.786. The highest BCUT2D eigenvalue weighted by molar-refractivity contribution is 5.87. The third-order valence-corrected chi connectivity index (χ3v) is 3.11. The van der Waals surface area contributed by atoms with E-state index in [1.54, 1.807) is 13.8 Å². The molecule has 5 nitrogen and oxygen atoms in total. The monoisotopic (exact) mass is 308 g/mol. The third kappa shape index (κ3) is 6.64. The largest absolute Gasteiger partial charge is 0.462 e. The molecule has 21 heavy (non-hydrogen) atoms. The van der Waals surface area contributed by atoms with Gasteiger partial charge in [0.15, 0.2) is 5.78 Å². The number of hydrogen-bond acceptors (Lipinski definition) is 5. The molecule has 0 heterocycles. The Kier molecular flexibility index (Phi) is 6.93. The maximum Gasteiger partial charge on any atom is 0.315 e. The fourth-order valence-electron chi connectivity index (χ4n) is 1.09. The van der Waals surface area contributed by atoms with Gasteiger partial charge < -0.3 is 9.47 Å². The van der Waals surface area contributed by atoms with E-state index in [1.165, 1.54) is 6.92 Å². The van der Waals surface area contributed by atoms with Crippen LogP contribution in [0.2, 0.25) is 0 Å². The van der Waals surface area contributed by atoms with Gasteiger partial charge in [-0.25, -0.2) is 0 Å². The van der Waals surface area contributed by atoms with Crippen molar-refractivity contribution in [3.05, 3.63) is 0 Å². The van der Waals surface area contributed by atoms with Crippen LogP contribution in [0.4, 0.5) is 8.78 Å². The Bertz CT molecular complexity index is 404. The number of esters is 2. The lowest BCUT2D eigenvalue weighted by Crippen LogP contribution is -2.33. The Balaban J connectivity index is 4.26. The van der Waals surface area contributed by atoms with Crippen LogP contribution >= 0.6 is 0 Å². The number of halogens is 2. The second-order valence-electron chi connectivity index (χ2n) is 5.57. The van der Waals surface area contributed by atoms with E-state index >= 15 is 0 Å². The number of alkyl halides is 2. The molecule has 0 saturated carbocycles. The van der Waals surface area contributed by atoms with Crippen LogP contribution in [0.25, 0.3) is 0 Å². The molecule has 1 atom stereocenters. The van der Waals surface area contributed by atoms with Gasteiger partial charge in [0.25, 0.3) is 0 Å². The highest BCUT2D eigenvalue weighted by Crippen LogP contribution is 2.23. The first-order chi connectivity index (χ1) is 9.42. The van der Waals surface area contributed by atoms with Crippen molar-refractivity contribution in [3.8, 4) is 0 Å². The molecule has 0 bridgehead atoms. The minimum absolute atomic E-state index is 0.335. The molecule has 7 heteroatoms. The first kappa shape index (κ1) is 19.5. The van der Waals surface area contributed by atoms with Crippen molar-refractivity contribution in [2.75, 3.05) is 6.61 Å². The zero-order chi connectivity index (χ0) is 16.8. The minimum Gasteiger partial charge on any atom is -0.462 e. The molecular weight excluding hydrogens is 286 g/mol. The summed E-state index contributed by atoms with van der Waals surface area (Å²) in [6.07, 6.45) is -1.50. The van der Waals surface area contributed by atoms with Crippen molar-refractivity contribution in [2.24, 2.45) is 5.41 Å². The number of carbonyl (C=O) groups excluding carboxylic acids is 3. The van der Waals surface area contributed by atoms with Gasteiger partial charge >= 0.3 is 17.9 Å². The van der Waals surface area contributed by atoms with Gasteiger partial charge in [-0.15, -0.1) is 0 Å². The van der Waals surface area contributed by atoms with Crippen molar-refractivity contribution in [2.45, 2.75) is 59.5 Å². The van der Waals surface area contributed by atoms with E-state index in [4.69, 9.17) is 4.74 Å². The number of hydrogen-bond donors (Lipinski definition) is 0. The van der Waals surface area contributed by atoms with Crippen LogP contribution in [0, 0.1) is 5.41 Å². The lowest BCUT2D eigenvalue weighted by Gasteiger charge is -2.23. The Morgan fingerprint density at radius 3 is 2.14 bits per heavy atom. The highest BCUT2D eigenvalue weighted by atomic mass is 19.3. The Morgan fingerprint density at radius 2 is 1.71 bits per heavy atom. The van der Waals surface area contributed by atoms with Crippen molar-refractivity contribution < 1.29 is 32.6 Å². The predicted molar refractivity (Wildman–Crippen MR) is 70.8 cm³/mol. The van der Waals surface area contributed by atoms with Gasteiger partial charge in [-0.3, -0.25) is 14.4 Å². The SMILES string of the molecule is CCC(C)(C)C(=O)OC(C)COC(=O)CC(F)(F)C(C)=O. The van der Waals surface area contributed by atoms with Gasteiger partial charge in [-0.2, -0.15) is 8.78 Å². The molecule has 0 aliphatic rings. The second-order valence-corrected chi connectivity index (χ2v) is 5.57. The fourth-order valence-corrected chi connectivity index (χ4v) is 1.09. The van der Waals surface area contributed by atoms with Crippen molar-refractivity contribution in [1.82, 2.24) is 0 Å². The molecule has 0 amide bonds. The summed E-state index contributed by atoms with van der Waals surface area (Å²) in [5.74, 6) is -6.81. The Morgan fingerprint density at radius 1 is 1.19 bits per heavy atom. The summed E-state index contributed by atoms with van der Waals surface area (Å²) in [4.78, 5) is 33.6. The van der Waals surface area contributed by atoms with Crippen LogP contribution in [0.15, 0.2) is 0 Å². The van der Waals surface area contributed by atoms with Crippen LogP contribution in [0.3, 0.4) is 0 Å². The summed E-state index contributed by atoms with van der Waals surface area (Å²) in [6.45, 7) is 7.10. The topological polar surface area (TPSA) is 69.7 Å². The summed E-state index contributed by atoms with van der Waals surface area (Å²) in [7, 11) is 0. The third-order valence-electron chi connectivity index (χ3n) is 3.11. The second kappa shape index (κ2) is 7.47. The van der Waals surface area contributed by atoms with E-state index in [0.717, 1.165) is 0 Å². The summed E-state index contributed by atoms with van der Waals surface area (Å²) in [6, 6.07) is 0. The minimum atomic E-state index is -3.73. The van der Waals surface area contributed by atoms with E-state index in [-0.39, 0.29) is 6.61 Å². The summed E-state index contributed by atoms with van der Waals surface area (Å²) >= 11 is 0. The highest BCUT2D eigenvalue weighted by Gasteiger charge is 2.38. The molecule has 122 valence electrons. The summed E-state index contributed by atoms with van der Waals surface area (Å²) in [5, 5.41) is 0. The zero-order valence-electron chi connectivity index (χ0n) is 13.0. The van der Waals surface area contributed by atoms with Gasteiger partial charge in [0.1, 0.15) is 19.1 Å². The molecule has 0 saturated heterocycles. The molecule has 0 aliphatic heterocycles. The number of ketones is 1. The van der Waals surface area contributed by atoms with Gasteiger partial charge in [-0.1, -0.05) is 6.92 Å². The number of carbonyl (C=O) groups is 3. The van der Waals surface area contributed by atoms with Crippen molar-refractivity contribution >= 4 is 17.7 Å². The van der Waals surface area contributed by atoms with Crippen LogP contribution < -0.4 is 0 Å². The Hall–Kier alpha value is -1.53. The maximum atomic E-state index is 13.0. The molecule has 0 fully saturated rings. The van der Waals surface area contributed by atoms with Crippen LogP contribution in [0.1, 0.15) is 47.5 Å². The number of ether oxygens (including phenoxy) is 2. The normalized spacial score (nSPS) is 13.5. The number of Topliss-reactive ketones (excluding diaryl/α,β-unsaturated/α-hetero) is 1. The van der Waals surface area contributed by atoms with E-state index in [9.17, 15) is 23.2 Å². The summed E-state index contributed by atoms with van der Waals surface area (Å²) in [5.41, 5.74) is -0.667. The lowest BCUT2D eigenvalue weighted by molar-refractivity contribution is -0.169. The Labute approximate surface area is 123 Å². The quantitative estimate of drug-likeness (QED) is 0.644. The smallest absolute Gasteiger partial charge is 0.315 e. The molecular formula is C14H22F2O5. The average molecular weight is 308 g/mol.